The average Bonchev–Trinajstić information content (AvgIpc) is 3.72. The van der Waals surface area contributed by atoms with Gasteiger partial charge in [-0.1, -0.05) is 31.0 Å². The quantitative estimate of drug-likeness (QED) is 0.314. The lowest BCUT2D eigenvalue weighted by Gasteiger charge is -2.32. The van der Waals surface area contributed by atoms with Crippen molar-refractivity contribution in [1.29, 1.82) is 5.26 Å². The molecular weight excluding hydrogens is 528 g/mol. The lowest BCUT2D eigenvalue weighted by Crippen LogP contribution is -2.45. The van der Waals surface area contributed by atoms with E-state index in [9.17, 15) is 24.3 Å². The third kappa shape index (κ3) is 6.37. The molecule has 1 aliphatic heterocycles. The molecule has 3 amide bonds. The van der Waals surface area contributed by atoms with Crippen molar-refractivity contribution >= 4 is 23.3 Å². The highest BCUT2D eigenvalue weighted by atomic mass is 19.1. The Bertz CT molecular complexity index is 1490. The molecule has 3 unspecified atom stereocenters. The third-order valence-electron chi connectivity index (χ3n) is 7.83. The largest absolute Gasteiger partial charge is 0.391 e. The molecule has 0 bridgehead atoms. The number of anilines is 2. The van der Waals surface area contributed by atoms with Crippen LogP contribution in [0.15, 0.2) is 66.7 Å². The van der Waals surface area contributed by atoms with Crippen molar-refractivity contribution in [3.05, 3.63) is 95.1 Å². The molecule has 5 N–H and O–H groups in total. The van der Waals surface area contributed by atoms with Gasteiger partial charge in [-0.25, -0.2) is 13.6 Å². The number of hydrogen-bond acceptors (Lipinski definition) is 5. The van der Waals surface area contributed by atoms with Gasteiger partial charge in [0, 0.05) is 18.7 Å². The van der Waals surface area contributed by atoms with Gasteiger partial charge in [-0.3, -0.25) is 4.79 Å². The number of aliphatic hydroxyl groups excluding tert-OH is 1. The zero-order valence-electron chi connectivity index (χ0n) is 22.3. The van der Waals surface area contributed by atoms with Crippen molar-refractivity contribution in [2.45, 2.75) is 49.8 Å². The molecule has 1 saturated heterocycles. The molecule has 0 spiro atoms. The van der Waals surface area contributed by atoms with Crippen LogP contribution >= 0.6 is 0 Å². The minimum atomic E-state index is -1.07. The van der Waals surface area contributed by atoms with Crippen LogP contribution in [0.2, 0.25) is 0 Å². The van der Waals surface area contributed by atoms with Crippen molar-refractivity contribution in [2.75, 3.05) is 17.2 Å². The number of aliphatic hydroxyl groups is 1. The fourth-order valence-corrected chi connectivity index (χ4v) is 5.29. The highest BCUT2D eigenvalue weighted by molar-refractivity contribution is 5.99. The highest BCUT2D eigenvalue weighted by Gasteiger charge is 2.40. The second-order valence-electron chi connectivity index (χ2n) is 10.8. The Morgan fingerprint density at radius 3 is 2.49 bits per heavy atom. The molecule has 1 saturated carbocycles. The molecule has 2 aliphatic rings. The normalized spacial score (nSPS) is 19.7. The van der Waals surface area contributed by atoms with Crippen LogP contribution in [0.3, 0.4) is 0 Å². The standard InChI is InChI=1S/C31H31F2N5O3/c32-23-7-9-24(10-8-23)36-30(41)38-18-25(39)16-28(38)29(40)37-27-15-22(6-11-26(27)33)31(35,13-12-19-4-5-19)21-3-1-2-20(14-21)17-34/h1-3,6-11,14-15,19,25,28,39H,4-5,12-13,16,18,35H2,(H,36,41)(H,37,40). The van der Waals surface area contributed by atoms with E-state index in [1.165, 1.54) is 41.3 Å². The minimum Gasteiger partial charge on any atom is -0.391 e. The van der Waals surface area contributed by atoms with E-state index in [2.05, 4.69) is 16.7 Å². The number of carbonyl (C=O) groups is 2. The Morgan fingerprint density at radius 2 is 1.78 bits per heavy atom. The number of nitrogens with one attached hydrogen (secondary N) is 2. The molecule has 10 heteroatoms. The number of hydrogen-bond donors (Lipinski definition) is 4. The first kappa shape index (κ1) is 28.2. The summed E-state index contributed by atoms with van der Waals surface area (Å²) in [4.78, 5) is 27.4. The molecule has 1 heterocycles. The molecule has 3 aromatic rings. The van der Waals surface area contributed by atoms with Crippen LogP contribution < -0.4 is 16.4 Å². The van der Waals surface area contributed by atoms with Crippen molar-refractivity contribution in [2.24, 2.45) is 11.7 Å². The molecule has 3 aromatic carbocycles. The molecule has 1 aliphatic carbocycles. The maximum atomic E-state index is 15.0. The molecule has 0 radical (unpaired) electrons. The van der Waals surface area contributed by atoms with Gasteiger partial charge in [0.15, 0.2) is 0 Å². The highest BCUT2D eigenvalue weighted by Crippen LogP contribution is 2.40. The smallest absolute Gasteiger partial charge is 0.322 e. The number of β-amino-alcohol motifs (C(OH)–C–C–N with tert-alkyl or cyclic N) is 1. The van der Waals surface area contributed by atoms with E-state index < -0.39 is 41.3 Å². The van der Waals surface area contributed by atoms with Crippen LogP contribution in [0.4, 0.5) is 25.0 Å². The van der Waals surface area contributed by atoms with Crippen molar-refractivity contribution in [1.82, 2.24) is 4.90 Å². The summed E-state index contributed by atoms with van der Waals surface area (Å²) in [5, 5.41) is 24.9. The lowest BCUT2D eigenvalue weighted by molar-refractivity contribution is -0.119. The van der Waals surface area contributed by atoms with E-state index in [1.807, 2.05) is 6.07 Å². The molecule has 0 aromatic heterocycles. The second kappa shape index (κ2) is 11.6. The van der Waals surface area contributed by atoms with Crippen LogP contribution in [-0.4, -0.2) is 40.6 Å². The molecule has 2 fully saturated rings. The van der Waals surface area contributed by atoms with Gasteiger partial charge in [-0.05, 0) is 78.4 Å². The molecule has 212 valence electrons. The Balaban J connectivity index is 1.38. The lowest BCUT2D eigenvalue weighted by atomic mass is 9.79. The van der Waals surface area contributed by atoms with E-state index in [0.29, 0.717) is 34.7 Å². The monoisotopic (exact) mass is 559 g/mol. The molecule has 41 heavy (non-hydrogen) atoms. The van der Waals surface area contributed by atoms with Crippen LogP contribution in [0.25, 0.3) is 0 Å². The van der Waals surface area contributed by atoms with E-state index in [0.717, 1.165) is 19.3 Å². The van der Waals surface area contributed by atoms with Gasteiger partial charge in [0.1, 0.15) is 17.7 Å². The van der Waals surface area contributed by atoms with E-state index in [1.54, 1.807) is 24.3 Å². The Hall–Kier alpha value is -4.33. The Labute approximate surface area is 236 Å². The number of likely N-dealkylation sites (tertiary alicyclic amines) is 1. The molecule has 8 nitrogen and oxygen atoms in total. The Morgan fingerprint density at radius 1 is 1.05 bits per heavy atom. The molecule has 5 rings (SSSR count). The van der Waals surface area contributed by atoms with Gasteiger partial charge in [-0.2, -0.15) is 5.26 Å². The van der Waals surface area contributed by atoms with Crippen LogP contribution in [0.1, 0.15) is 48.8 Å². The van der Waals surface area contributed by atoms with Gasteiger partial charge in [0.2, 0.25) is 5.91 Å². The average molecular weight is 560 g/mol. The number of halogens is 2. The number of carbonyl (C=O) groups excluding carboxylic acids is 2. The zero-order valence-corrected chi connectivity index (χ0v) is 22.3. The number of rotatable bonds is 8. The SMILES string of the molecule is N#Cc1cccc(C(N)(CCC2CC2)c2ccc(F)c(NC(=O)C3CC(O)CN3C(=O)Nc3ccc(F)cc3)c2)c1. The van der Waals surface area contributed by atoms with Crippen LogP contribution in [0.5, 0.6) is 0 Å². The topological polar surface area (TPSA) is 131 Å². The molecule has 3 atom stereocenters. The van der Waals surface area contributed by atoms with Gasteiger partial charge >= 0.3 is 6.03 Å². The van der Waals surface area contributed by atoms with E-state index >= 15 is 4.39 Å². The predicted octanol–water partition coefficient (Wildman–Crippen LogP) is 4.83. The summed E-state index contributed by atoms with van der Waals surface area (Å²) in [5.41, 5.74) is 7.93. The third-order valence-corrected chi connectivity index (χ3v) is 7.83. The number of urea groups is 1. The van der Waals surface area contributed by atoms with E-state index in [4.69, 9.17) is 5.73 Å². The first-order chi connectivity index (χ1) is 19.7. The number of nitrogens with zero attached hydrogens (tertiary/aromatic N) is 2. The summed E-state index contributed by atoms with van der Waals surface area (Å²) >= 11 is 0. The number of nitrogens with two attached hydrogens (primary N) is 1. The summed E-state index contributed by atoms with van der Waals surface area (Å²) in [6, 6.07) is 16.9. The number of nitriles is 1. The van der Waals surface area contributed by atoms with Crippen molar-refractivity contribution in [3.8, 4) is 6.07 Å². The summed E-state index contributed by atoms with van der Waals surface area (Å²) in [6.45, 7) is -0.101. The van der Waals surface area contributed by atoms with Crippen LogP contribution in [0, 0.1) is 28.9 Å². The van der Waals surface area contributed by atoms with Gasteiger partial charge in [0.25, 0.3) is 0 Å². The Kier molecular flexibility index (Phi) is 8.01. The summed E-state index contributed by atoms with van der Waals surface area (Å²) < 4.78 is 28.3. The second-order valence-corrected chi connectivity index (χ2v) is 10.8. The first-order valence-corrected chi connectivity index (χ1v) is 13.6. The van der Waals surface area contributed by atoms with Gasteiger partial charge in [0.05, 0.1) is 29.0 Å². The van der Waals surface area contributed by atoms with E-state index in [-0.39, 0.29) is 18.7 Å². The maximum Gasteiger partial charge on any atom is 0.322 e. The van der Waals surface area contributed by atoms with Gasteiger partial charge < -0.3 is 26.4 Å². The number of amides is 3. The van der Waals surface area contributed by atoms with Gasteiger partial charge in [-0.15, -0.1) is 0 Å². The summed E-state index contributed by atoms with van der Waals surface area (Å²) in [6.07, 6.45) is 2.72. The fraction of sp³-hybridized carbons (Fsp3) is 0.323. The first-order valence-electron chi connectivity index (χ1n) is 13.6. The fourth-order valence-electron chi connectivity index (χ4n) is 5.29. The molecular formula is C31H31F2N5O3. The zero-order chi connectivity index (χ0) is 29.1. The maximum absolute atomic E-state index is 15.0. The summed E-state index contributed by atoms with van der Waals surface area (Å²) in [5.74, 6) is -1.23. The van der Waals surface area contributed by atoms with Crippen LogP contribution in [-0.2, 0) is 10.3 Å². The predicted molar refractivity (Wildman–Crippen MR) is 150 cm³/mol. The number of benzene rings is 3. The van der Waals surface area contributed by atoms with Crippen molar-refractivity contribution in [3.63, 3.8) is 0 Å². The van der Waals surface area contributed by atoms with Crippen molar-refractivity contribution < 1.29 is 23.5 Å². The minimum absolute atomic E-state index is 0.0346. The summed E-state index contributed by atoms with van der Waals surface area (Å²) in [7, 11) is 0.